The molecular weight excluding hydrogens is 344 g/mol. The molecule has 0 atom stereocenters. The number of unbranched alkanes of at least 4 members (excludes halogenated alkanes) is 1. The zero-order valence-corrected chi connectivity index (χ0v) is 17.1. The van der Waals surface area contributed by atoms with Gasteiger partial charge in [0.05, 0.1) is 18.4 Å². The fourth-order valence-electron chi connectivity index (χ4n) is 1.98. The SMILES string of the molecule is CCCNc1nc(N)ncc1C#CCCCNCN(C)C(=O)OC(C)(C)C. The van der Waals surface area contributed by atoms with Crippen molar-refractivity contribution in [3.63, 3.8) is 0 Å². The fraction of sp³-hybridized carbons (Fsp3) is 0.632. The predicted octanol–water partition coefficient (Wildman–Crippen LogP) is 2.43. The number of nitrogens with one attached hydrogen (secondary N) is 2. The minimum absolute atomic E-state index is 0.234. The Hall–Kier alpha value is -2.53. The molecule has 150 valence electrons. The van der Waals surface area contributed by atoms with Gasteiger partial charge in [-0.05, 0) is 40.2 Å². The number of carbonyl (C=O) groups excluding carboxylic acids is 1. The molecule has 0 aliphatic carbocycles. The number of hydrogen-bond donors (Lipinski definition) is 3. The molecule has 8 nitrogen and oxygen atoms in total. The molecule has 0 saturated heterocycles. The Morgan fingerprint density at radius 3 is 2.78 bits per heavy atom. The second-order valence-electron chi connectivity index (χ2n) is 7.16. The van der Waals surface area contributed by atoms with Gasteiger partial charge >= 0.3 is 6.09 Å². The number of amides is 1. The first-order chi connectivity index (χ1) is 12.7. The molecule has 0 spiro atoms. The zero-order valence-electron chi connectivity index (χ0n) is 17.1. The average molecular weight is 377 g/mol. The topological polar surface area (TPSA) is 105 Å². The van der Waals surface area contributed by atoms with Crippen molar-refractivity contribution in [2.24, 2.45) is 0 Å². The number of ether oxygens (including phenoxy) is 1. The quantitative estimate of drug-likeness (QED) is 0.363. The van der Waals surface area contributed by atoms with Crippen molar-refractivity contribution in [3.05, 3.63) is 11.8 Å². The Morgan fingerprint density at radius 2 is 2.11 bits per heavy atom. The van der Waals surface area contributed by atoms with Crippen molar-refractivity contribution in [1.82, 2.24) is 20.2 Å². The molecule has 0 saturated carbocycles. The van der Waals surface area contributed by atoms with Crippen molar-refractivity contribution in [3.8, 4) is 11.8 Å². The van der Waals surface area contributed by atoms with E-state index in [1.165, 1.54) is 4.90 Å². The van der Waals surface area contributed by atoms with E-state index in [9.17, 15) is 4.79 Å². The number of nitrogen functional groups attached to an aromatic ring is 1. The van der Waals surface area contributed by atoms with Crippen LogP contribution in [-0.2, 0) is 4.74 Å². The summed E-state index contributed by atoms with van der Waals surface area (Å²) < 4.78 is 5.29. The largest absolute Gasteiger partial charge is 0.444 e. The number of anilines is 2. The van der Waals surface area contributed by atoms with Crippen molar-refractivity contribution in [2.75, 3.05) is 37.9 Å². The van der Waals surface area contributed by atoms with Gasteiger partial charge in [-0.1, -0.05) is 18.8 Å². The summed E-state index contributed by atoms with van der Waals surface area (Å²) in [5.41, 5.74) is 5.89. The highest BCUT2D eigenvalue weighted by Gasteiger charge is 2.18. The summed E-state index contributed by atoms with van der Waals surface area (Å²) in [5, 5.41) is 6.41. The molecule has 0 bridgehead atoms. The number of nitrogens with zero attached hydrogens (tertiary/aromatic N) is 3. The monoisotopic (exact) mass is 376 g/mol. The van der Waals surface area contributed by atoms with Crippen molar-refractivity contribution in [1.29, 1.82) is 0 Å². The summed E-state index contributed by atoms with van der Waals surface area (Å²) >= 11 is 0. The first-order valence-corrected chi connectivity index (χ1v) is 9.23. The Bertz CT molecular complexity index is 660. The van der Waals surface area contributed by atoms with E-state index < -0.39 is 5.60 Å². The first kappa shape index (κ1) is 22.5. The second kappa shape index (κ2) is 11.2. The van der Waals surface area contributed by atoms with Crippen LogP contribution in [0.2, 0.25) is 0 Å². The smallest absolute Gasteiger partial charge is 0.411 e. The third-order valence-corrected chi connectivity index (χ3v) is 3.28. The van der Waals surface area contributed by atoms with Crippen LogP contribution in [0.5, 0.6) is 0 Å². The Labute approximate surface area is 162 Å². The molecule has 1 heterocycles. The van der Waals surface area contributed by atoms with Crippen LogP contribution in [-0.4, -0.2) is 53.4 Å². The molecule has 1 amide bonds. The van der Waals surface area contributed by atoms with E-state index in [2.05, 4.69) is 39.4 Å². The van der Waals surface area contributed by atoms with Crippen LogP contribution in [0.3, 0.4) is 0 Å². The summed E-state index contributed by atoms with van der Waals surface area (Å²) in [5.74, 6) is 7.12. The van der Waals surface area contributed by atoms with Gasteiger partial charge in [0, 0.05) is 20.0 Å². The average Bonchev–Trinajstić information content (AvgIpc) is 2.58. The van der Waals surface area contributed by atoms with E-state index in [0.717, 1.165) is 37.9 Å². The molecule has 0 aromatic carbocycles. The van der Waals surface area contributed by atoms with E-state index >= 15 is 0 Å². The lowest BCUT2D eigenvalue weighted by atomic mass is 10.2. The first-order valence-electron chi connectivity index (χ1n) is 9.23. The minimum atomic E-state index is -0.489. The normalized spacial score (nSPS) is 10.7. The second-order valence-corrected chi connectivity index (χ2v) is 7.16. The maximum absolute atomic E-state index is 11.8. The molecule has 0 radical (unpaired) electrons. The number of carbonyl (C=O) groups is 1. The molecule has 0 aliphatic heterocycles. The molecule has 8 heteroatoms. The van der Waals surface area contributed by atoms with Gasteiger partial charge < -0.3 is 15.8 Å². The van der Waals surface area contributed by atoms with Crippen LogP contribution >= 0.6 is 0 Å². The summed E-state index contributed by atoms with van der Waals surface area (Å²) in [6.45, 7) is 9.61. The van der Waals surface area contributed by atoms with Gasteiger partial charge in [0.1, 0.15) is 11.4 Å². The number of hydrogen-bond acceptors (Lipinski definition) is 7. The highest BCUT2D eigenvalue weighted by Crippen LogP contribution is 2.11. The van der Waals surface area contributed by atoms with Crippen molar-refractivity contribution < 1.29 is 9.53 Å². The third kappa shape index (κ3) is 9.66. The molecular formula is C19H32N6O2. The van der Waals surface area contributed by atoms with Gasteiger partial charge in [-0.2, -0.15) is 4.98 Å². The Morgan fingerprint density at radius 1 is 1.37 bits per heavy atom. The zero-order chi connectivity index (χ0) is 20.3. The lowest BCUT2D eigenvalue weighted by molar-refractivity contribution is 0.0286. The van der Waals surface area contributed by atoms with E-state index in [-0.39, 0.29) is 12.0 Å². The number of nitrogens with two attached hydrogens (primary N) is 1. The fourth-order valence-corrected chi connectivity index (χ4v) is 1.98. The third-order valence-electron chi connectivity index (χ3n) is 3.28. The van der Waals surface area contributed by atoms with Gasteiger partial charge in [-0.25, -0.2) is 9.78 Å². The van der Waals surface area contributed by atoms with Crippen LogP contribution in [0, 0.1) is 11.8 Å². The van der Waals surface area contributed by atoms with Crippen LogP contribution in [0.25, 0.3) is 0 Å². The number of rotatable bonds is 8. The Balaban J connectivity index is 2.34. The van der Waals surface area contributed by atoms with E-state index in [4.69, 9.17) is 10.5 Å². The summed E-state index contributed by atoms with van der Waals surface area (Å²) in [6, 6.07) is 0. The molecule has 1 aromatic heterocycles. The standard InChI is InChI=1S/C19H32N6O2/c1-6-11-22-16-15(13-23-17(20)24-16)10-8-7-9-12-21-14-25(5)18(26)27-19(2,3)4/h13,21H,6-7,9,11-12,14H2,1-5H3,(H3,20,22,23,24). The summed E-state index contributed by atoms with van der Waals surface area (Å²) in [6.07, 6.45) is 3.87. The molecule has 1 rings (SSSR count). The van der Waals surface area contributed by atoms with Crippen molar-refractivity contribution in [2.45, 2.75) is 52.6 Å². The molecule has 1 aromatic rings. The molecule has 0 aliphatic rings. The molecule has 27 heavy (non-hydrogen) atoms. The van der Waals surface area contributed by atoms with Crippen LogP contribution in [0.1, 0.15) is 52.5 Å². The van der Waals surface area contributed by atoms with Gasteiger partial charge in [-0.15, -0.1) is 0 Å². The molecule has 0 fully saturated rings. The maximum atomic E-state index is 11.8. The number of aromatic nitrogens is 2. The van der Waals surface area contributed by atoms with Crippen LogP contribution in [0.15, 0.2) is 6.20 Å². The van der Waals surface area contributed by atoms with E-state index in [0.29, 0.717) is 12.5 Å². The molecule has 0 unspecified atom stereocenters. The summed E-state index contributed by atoms with van der Waals surface area (Å²) in [4.78, 5) is 21.5. The van der Waals surface area contributed by atoms with E-state index in [1.807, 2.05) is 20.8 Å². The maximum Gasteiger partial charge on any atom is 0.411 e. The predicted molar refractivity (Wildman–Crippen MR) is 108 cm³/mol. The lowest BCUT2D eigenvalue weighted by Crippen LogP contribution is -2.39. The molecule has 4 N–H and O–H groups in total. The van der Waals surface area contributed by atoms with Gasteiger partial charge in [0.25, 0.3) is 0 Å². The highest BCUT2D eigenvalue weighted by atomic mass is 16.6. The van der Waals surface area contributed by atoms with Crippen molar-refractivity contribution >= 4 is 17.9 Å². The van der Waals surface area contributed by atoms with Crippen LogP contribution < -0.4 is 16.4 Å². The summed E-state index contributed by atoms with van der Waals surface area (Å²) in [7, 11) is 1.70. The highest BCUT2D eigenvalue weighted by molar-refractivity contribution is 5.67. The lowest BCUT2D eigenvalue weighted by Gasteiger charge is -2.24. The van der Waals surface area contributed by atoms with Gasteiger partial charge in [-0.3, -0.25) is 10.2 Å². The van der Waals surface area contributed by atoms with Gasteiger partial charge in [0.15, 0.2) is 0 Å². The van der Waals surface area contributed by atoms with E-state index in [1.54, 1.807) is 13.2 Å². The minimum Gasteiger partial charge on any atom is -0.444 e. The van der Waals surface area contributed by atoms with Crippen LogP contribution in [0.4, 0.5) is 16.6 Å². The Kier molecular flexibility index (Phi) is 9.37. The van der Waals surface area contributed by atoms with Gasteiger partial charge in [0.2, 0.25) is 5.95 Å².